The van der Waals surface area contributed by atoms with Gasteiger partial charge in [0.25, 0.3) is 5.91 Å². The first-order valence-corrected chi connectivity index (χ1v) is 8.59. The second-order valence-electron chi connectivity index (χ2n) is 6.00. The normalized spacial score (nSPS) is 19.4. The molecule has 1 heterocycles. The van der Waals surface area contributed by atoms with Gasteiger partial charge in [-0.1, -0.05) is 48.9 Å². The van der Waals surface area contributed by atoms with E-state index in [1.54, 1.807) is 55.5 Å². The summed E-state index contributed by atoms with van der Waals surface area (Å²) in [6.45, 7) is 1.45. The van der Waals surface area contributed by atoms with Crippen LogP contribution >= 0.6 is 11.6 Å². The van der Waals surface area contributed by atoms with Crippen molar-refractivity contribution in [1.29, 1.82) is 0 Å². The lowest BCUT2D eigenvalue weighted by molar-refractivity contribution is -0.134. The number of urea groups is 1. The van der Waals surface area contributed by atoms with E-state index in [2.05, 4.69) is 10.6 Å². The molecule has 1 fully saturated rings. The fraction of sp³-hybridized carbons (Fsp3) is 0.211. The quantitative estimate of drug-likeness (QED) is 0.792. The number of nitrogens with zero attached hydrogens (tertiary/aromatic N) is 1. The maximum Gasteiger partial charge on any atom is 0.325 e. The summed E-state index contributed by atoms with van der Waals surface area (Å²) in [6, 6.07) is 15.0. The average Bonchev–Trinajstić information content (AvgIpc) is 2.88. The van der Waals surface area contributed by atoms with E-state index in [0.717, 1.165) is 4.90 Å². The van der Waals surface area contributed by atoms with Gasteiger partial charge < -0.3 is 10.6 Å². The number of carbonyl (C=O) groups excluding carboxylic acids is 3. The lowest BCUT2D eigenvalue weighted by atomic mass is 9.87. The number of imide groups is 1. The first-order valence-electron chi connectivity index (χ1n) is 8.21. The van der Waals surface area contributed by atoms with E-state index in [-0.39, 0.29) is 6.54 Å². The second-order valence-corrected chi connectivity index (χ2v) is 6.44. The van der Waals surface area contributed by atoms with Crippen molar-refractivity contribution < 1.29 is 14.4 Å². The molecule has 1 atom stereocenters. The van der Waals surface area contributed by atoms with Gasteiger partial charge in [-0.25, -0.2) is 4.79 Å². The van der Waals surface area contributed by atoms with E-state index in [0.29, 0.717) is 22.7 Å². The maximum absolute atomic E-state index is 13.0. The van der Waals surface area contributed by atoms with Gasteiger partial charge in [-0.3, -0.25) is 14.5 Å². The van der Waals surface area contributed by atoms with Crippen molar-refractivity contribution in [3.8, 4) is 0 Å². The van der Waals surface area contributed by atoms with Crippen LogP contribution in [0.15, 0.2) is 54.6 Å². The van der Waals surface area contributed by atoms with E-state index in [1.807, 2.05) is 6.07 Å². The van der Waals surface area contributed by atoms with Crippen LogP contribution in [-0.2, 0) is 15.1 Å². The van der Waals surface area contributed by atoms with Crippen LogP contribution in [0.5, 0.6) is 0 Å². The van der Waals surface area contributed by atoms with E-state index in [9.17, 15) is 14.4 Å². The van der Waals surface area contributed by atoms with Crippen LogP contribution in [0.1, 0.15) is 18.9 Å². The predicted octanol–water partition coefficient (Wildman–Crippen LogP) is 3.14. The number of nitrogens with one attached hydrogen (secondary N) is 2. The minimum atomic E-state index is -1.19. The fourth-order valence-corrected chi connectivity index (χ4v) is 3.14. The summed E-state index contributed by atoms with van der Waals surface area (Å²) in [7, 11) is 0. The first kappa shape index (κ1) is 17.9. The summed E-state index contributed by atoms with van der Waals surface area (Å²) in [5.74, 6) is -0.891. The molecule has 1 unspecified atom stereocenters. The van der Waals surface area contributed by atoms with E-state index >= 15 is 0 Å². The van der Waals surface area contributed by atoms with Gasteiger partial charge >= 0.3 is 6.03 Å². The van der Waals surface area contributed by atoms with Gasteiger partial charge in [0.2, 0.25) is 5.91 Å². The Labute approximate surface area is 156 Å². The van der Waals surface area contributed by atoms with Crippen LogP contribution in [0.25, 0.3) is 0 Å². The summed E-state index contributed by atoms with van der Waals surface area (Å²) in [6.07, 6.45) is 0.357. The molecular weight excluding hydrogens is 354 g/mol. The summed E-state index contributed by atoms with van der Waals surface area (Å²) in [4.78, 5) is 38.5. The SMILES string of the molecule is CCC1(c2ccc(Cl)cc2)NC(=O)N(CC(=O)Nc2ccccc2)C1=O. The summed E-state index contributed by atoms with van der Waals surface area (Å²) < 4.78 is 0. The molecule has 134 valence electrons. The Bertz CT molecular complexity index is 839. The zero-order chi connectivity index (χ0) is 18.7. The van der Waals surface area contributed by atoms with Gasteiger partial charge in [-0.15, -0.1) is 0 Å². The Balaban J connectivity index is 1.79. The van der Waals surface area contributed by atoms with Crippen molar-refractivity contribution in [1.82, 2.24) is 10.2 Å². The zero-order valence-corrected chi connectivity index (χ0v) is 14.9. The molecular formula is C19H18ClN3O3. The number of amides is 4. The van der Waals surface area contributed by atoms with Crippen LogP contribution in [-0.4, -0.2) is 29.3 Å². The molecule has 0 bridgehead atoms. The molecule has 26 heavy (non-hydrogen) atoms. The highest BCUT2D eigenvalue weighted by molar-refractivity contribution is 6.30. The minimum absolute atomic E-state index is 0.352. The van der Waals surface area contributed by atoms with Crippen LogP contribution in [0, 0.1) is 0 Å². The number of rotatable bonds is 5. The zero-order valence-electron chi connectivity index (χ0n) is 14.2. The lowest BCUT2D eigenvalue weighted by Gasteiger charge is -2.25. The predicted molar refractivity (Wildman–Crippen MR) is 98.7 cm³/mol. The third kappa shape index (κ3) is 3.28. The number of para-hydroxylation sites is 1. The maximum atomic E-state index is 13.0. The monoisotopic (exact) mass is 371 g/mol. The van der Waals surface area contributed by atoms with Crippen LogP contribution in [0.3, 0.4) is 0 Å². The Morgan fingerprint density at radius 2 is 1.77 bits per heavy atom. The highest BCUT2D eigenvalue weighted by atomic mass is 35.5. The van der Waals surface area contributed by atoms with Gasteiger partial charge in [0.1, 0.15) is 12.1 Å². The standard InChI is InChI=1S/C19H18ClN3O3/c1-2-19(13-8-10-14(20)11-9-13)17(25)23(18(26)22-19)12-16(24)21-15-6-4-3-5-7-15/h3-11H,2,12H2,1H3,(H,21,24)(H,22,26). The van der Waals surface area contributed by atoms with Crippen molar-refractivity contribution in [3.63, 3.8) is 0 Å². The van der Waals surface area contributed by atoms with E-state index < -0.39 is 23.4 Å². The average molecular weight is 372 g/mol. The van der Waals surface area contributed by atoms with Gasteiger partial charge in [0.15, 0.2) is 0 Å². The molecule has 0 radical (unpaired) electrons. The first-order chi connectivity index (χ1) is 12.5. The lowest BCUT2D eigenvalue weighted by Crippen LogP contribution is -2.44. The molecule has 2 N–H and O–H groups in total. The third-order valence-electron chi connectivity index (χ3n) is 4.40. The number of benzene rings is 2. The Hall–Kier alpha value is -2.86. The molecule has 1 aliphatic rings. The third-order valence-corrected chi connectivity index (χ3v) is 4.65. The second kappa shape index (κ2) is 7.17. The van der Waals surface area contributed by atoms with Crippen molar-refractivity contribution in [3.05, 3.63) is 65.2 Å². The highest BCUT2D eigenvalue weighted by Crippen LogP contribution is 2.33. The number of halogens is 1. The molecule has 7 heteroatoms. The molecule has 3 rings (SSSR count). The van der Waals surface area contributed by atoms with Gasteiger partial charge in [-0.2, -0.15) is 0 Å². The Kier molecular flexibility index (Phi) is 4.95. The molecule has 0 spiro atoms. The van der Waals surface area contributed by atoms with Crippen LogP contribution in [0.2, 0.25) is 5.02 Å². The molecule has 0 saturated carbocycles. The number of anilines is 1. The molecule has 0 aliphatic carbocycles. The highest BCUT2D eigenvalue weighted by Gasteiger charge is 2.51. The van der Waals surface area contributed by atoms with Crippen molar-refractivity contribution in [2.45, 2.75) is 18.9 Å². The van der Waals surface area contributed by atoms with Crippen LogP contribution < -0.4 is 10.6 Å². The molecule has 6 nitrogen and oxygen atoms in total. The summed E-state index contributed by atoms with van der Waals surface area (Å²) in [5, 5.41) is 5.95. The van der Waals surface area contributed by atoms with Crippen molar-refractivity contribution >= 4 is 35.1 Å². The van der Waals surface area contributed by atoms with Gasteiger partial charge in [0, 0.05) is 10.7 Å². The van der Waals surface area contributed by atoms with Crippen molar-refractivity contribution in [2.24, 2.45) is 0 Å². The minimum Gasteiger partial charge on any atom is -0.325 e. The molecule has 1 saturated heterocycles. The van der Waals surface area contributed by atoms with Gasteiger partial charge in [-0.05, 0) is 36.2 Å². The Morgan fingerprint density at radius 1 is 1.12 bits per heavy atom. The largest absolute Gasteiger partial charge is 0.325 e. The van der Waals surface area contributed by atoms with E-state index in [4.69, 9.17) is 11.6 Å². The number of carbonyl (C=O) groups is 3. The van der Waals surface area contributed by atoms with Crippen LogP contribution in [0.4, 0.5) is 10.5 Å². The molecule has 0 aromatic heterocycles. The number of hydrogen-bond donors (Lipinski definition) is 2. The van der Waals surface area contributed by atoms with Crippen molar-refractivity contribution in [2.75, 3.05) is 11.9 Å². The van der Waals surface area contributed by atoms with E-state index in [1.165, 1.54) is 0 Å². The fourth-order valence-electron chi connectivity index (χ4n) is 3.01. The summed E-state index contributed by atoms with van der Waals surface area (Å²) in [5.41, 5.74) is 0.0482. The van der Waals surface area contributed by atoms with Gasteiger partial charge in [0.05, 0.1) is 0 Å². The topological polar surface area (TPSA) is 78.5 Å². The summed E-state index contributed by atoms with van der Waals surface area (Å²) >= 11 is 5.91. The molecule has 1 aliphatic heterocycles. The molecule has 2 aromatic carbocycles. The molecule has 4 amide bonds. The smallest absolute Gasteiger partial charge is 0.325 e. The molecule has 2 aromatic rings. The number of hydrogen-bond acceptors (Lipinski definition) is 3. The Morgan fingerprint density at radius 3 is 2.38 bits per heavy atom.